The minimum Gasteiger partial charge on any atom is -0.354 e. The summed E-state index contributed by atoms with van der Waals surface area (Å²) in [5, 5.41) is 9.99. The number of hydrogen-bond acceptors (Lipinski definition) is 4. The van der Waals surface area contributed by atoms with Crippen LogP contribution in [0.15, 0.2) is 0 Å². The Morgan fingerprint density at radius 1 is 1.43 bits per heavy atom. The third-order valence-corrected chi connectivity index (χ3v) is 5.33. The summed E-state index contributed by atoms with van der Waals surface area (Å²) in [5.74, 6) is 1.25. The van der Waals surface area contributed by atoms with Crippen LogP contribution in [-0.4, -0.2) is 33.0 Å². The van der Waals surface area contributed by atoms with Gasteiger partial charge in [-0.05, 0) is 31.0 Å². The van der Waals surface area contributed by atoms with Crippen molar-refractivity contribution in [2.75, 3.05) is 6.54 Å². The van der Waals surface area contributed by atoms with Gasteiger partial charge in [-0.2, -0.15) is 5.10 Å². The molecule has 23 heavy (non-hydrogen) atoms. The normalized spacial score (nSPS) is 22.7. The molecule has 7 heteroatoms. The van der Waals surface area contributed by atoms with Crippen molar-refractivity contribution in [1.82, 2.24) is 20.1 Å². The average Bonchev–Trinajstić information content (AvgIpc) is 2.79. The quantitative estimate of drug-likeness (QED) is 0.781. The first-order valence-electron chi connectivity index (χ1n) is 8.09. The molecule has 0 radical (unpaired) electrons. The van der Waals surface area contributed by atoms with Crippen LogP contribution in [0.5, 0.6) is 0 Å². The van der Waals surface area contributed by atoms with Crippen molar-refractivity contribution in [3.8, 4) is 0 Å². The van der Waals surface area contributed by atoms with E-state index in [0.717, 1.165) is 5.82 Å². The number of H-pyrrole nitrogens is 1. The maximum atomic E-state index is 12.4. The standard InChI is InChI=1S/C16H26N4O2S/c1-9(2)13-18-19-15(23)20(13)7-6-17-14(22)12-8-11(10(3)21)16(12,4)5/h9,11-12H,6-8H2,1-5H3,(H,17,22)(H,19,23)/t11-,12+/m0/s1. The molecule has 128 valence electrons. The van der Waals surface area contributed by atoms with Gasteiger partial charge in [0.1, 0.15) is 11.6 Å². The average molecular weight is 338 g/mol. The van der Waals surface area contributed by atoms with E-state index in [9.17, 15) is 9.59 Å². The molecule has 2 rings (SSSR count). The lowest BCUT2D eigenvalue weighted by atomic mass is 9.53. The zero-order valence-electron chi connectivity index (χ0n) is 14.5. The molecule has 0 aliphatic heterocycles. The number of nitrogens with one attached hydrogen (secondary N) is 2. The Bertz CT molecular complexity index is 659. The van der Waals surface area contributed by atoms with Crippen LogP contribution in [0, 0.1) is 22.0 Å². The Kier molecular flexibility index (Phi) is 5.08. The van der Waals surface area contributed by atoms with Crippen LogP contribution in [0.4, 0.5) is 0 Å². The molecule has 1 fully saturated rings. The van der Waals surface area contributed by atoms with E-state index in [1.54, 1.807) is 6.92 Å². The molecule has 1 saturated carbocycles. The third kappa shape index (κ3) is 3.39. The van der Waals surface area contributed by atoms with E-state index in [-0.39, 0.29) is 34.9 Å². The second-order valence-electron chi connectivity index (χ2n) is 7.26. The second kappa shape index (κ2) is 6.55. The fraction of sp³-hybridized carbons (Fsp3) is 0.750. The van der Waals surface area contributed by atoms with Crippen molar-refractivity contribution in [1.29, 1.82) is 0 Å². The molecule has 1 amide bonds. The van der Waals surface area contributed by atoms with Gasteiger partial charge in [0.25, 0.3) is 0 Å². The van der Waals surface area contributed by atoms with Crippen LogP contribution >= 0.6 is 12.2 Å². The van der Waals surface area contributed by atoms with E-state index in [1.165, 1.54) is 0 Å². The summed E-state index contributed by atoms with van der Waals surface area (Å²) in [6.45, 7) is 10.8. The van der Waals surface area contributed by atoms with E-state index in [1.807, 2.05) is 18.4 Å². The monoisotopic (exact) mass is 338 g/mol. The molecule has 0 saturated heterocycles. The highest BCUT2D eigenvalue weighted by Gasteiger charge is 2.53. The van der Waals surface area contributed by atoms with Crippen LogP contribution in [0.1, 0.15) is 52.8 Å². The number of aromatic amines is 1. The number of carbonyl (C=O) groups excluding carboxylic acids is 2. The Hall–Kier alpha value is -1.50. The molecule has 2 atom stereocenters. The first-order valence-corrected chi connectivity index (χ1v) is 8.50. The lowest BCUT2D eigenvalue weighted by molar-refractivity contribution is -0.148. The number of aromatic nitrogens is 3. The smallest absolute Gasteiger partial charge is 0.223 e. The second-order valence-corrected chi connectivity index (χ2v) is 7.64. The molecular weight excluding hydrogens is 312 g/mol. The molecule has 1 aliphatic carbocycles. The van der Waals surface area contributed by atoms with Gasteiger partial charge in [-0.25, -0.2) is 0 Å². The molecule has 1 aliphatic rings. The van der Waals surface area contributed by atoms with Crippen molar-refractivity contribution in [2.24, 2.45) is 17.3 Å². The lowest BCUT2D eigenvalue weighted by Gasteiger charge is -2.49. The predicted octanol–water partition coefficient (Wildman–Crippen LogP) is 2.43. The molecule has 2 N–H and O–H groups in total. The van der Waals surface area contributed by atoms with Crippen LogP contribution in [0.3, 0.4) is 0 Å². The van der Waals surface area contributed by atoms with Gasteiger partial charge in [0.15, 0.2) is 4.77 Å². The number of Topliss-reactive ketones (excluding diaryl/α,β-unsaturated/α-hetero) is 1. The Morgan fingerprint density at radius 2 is 2.09 bits per heavy atom. The van der Waals surface area contributed by atoms with Crippen LogP contribution < -0.4 is 5.32 Å². The first kappa shape index (κ1) is 17.8. The van der Waals surface area contributed by atoms with Gasteiger partial charge >= 0.3 is 0 Å². The Morgan fingerprint density at radius 3 is 2.61 bits per heavy atom. The van der Waals surface area contributed by atoms with Gasteiger partial charge in [-0.1, -0.05) is 27.7 Å². The summed E-state index contributed by atoms with van der Waals surface area (Å²) in [7, 11) is 0. The first-order chi connectivity index (χ1) is 10.7. The van der Waals surface area contributed by atoms with Crippen molar-refractivity contribution >= 4 is 23.9 Å². The number of ketones is 1. The molecule has 1 heterocycles. The maximum Gasteiger partial charge on any atom is 0.223 e. The van der Waals surface area contributed by atoms with E-state index in [2.05, 4.69) is 29.4 Å². The van der Waals surface area contributed by atoms with Gasteiger partial charge in [0, 0.05) is 30.8 Å². The Balaban J connectivity index is 1.91. The molecule has 1 aromatic rings. The van der Waals surface area contributed by atoms with E-state index < -0.39 is 0 Å². The highest BCUT2D eigenvalue weighted by molar-refractivity contribution is 7.71. The summed E-state index contributed by atoms with van der Waals surface area (Å²) in [5.41, 5.74) is -0.259. The fourth-order valence-corrected chi connectivity index (χ4v) is 3.69. The molecule has 0 spiro atoms. The predicted molar refractivity (Wildman–Crippen MR) is 90.6 cm³/mol. The van der Waals surface area contributed by atoms with Gasteiger partial charge in [0.2, 0.25) is 5.91 Å². The lowest BCUT2D eigenvalue weighted by Crippen LogP contribution is -2.54. The fourth-order valence-electron chi connectivity index (χ4n) is 3.46. The maximum absolute atomic E-state index is 12.4. The largest absolute Gasteiger partial charge is 0.354 e. The van der Waals surface area contributed by atoms with Gasteiger partial charge in [0.05, 0.1) is 0 Å². The molecular formula is C16H26N4O2S. The zero-order chi connectivity index (χ0) is 17.4. The van der Waals surface area contributed by atoms with Crippen LogP contribution in [0.2, 0.25) is 0 Å². The number of nitrogens with zero attached hydrogens (tertiary/aromatic N) is 2. The SMILES string of the molecule is CC(=O)[C@@H]1C[C@H](C(=O)NCCn2c(C(C)C)n[nH]c2=S)C1(C)C. The van der Waals surface area contributed by atoms with Crippen molar-refractivity contribution < 1.29 is 9.59 Å². The van der Waals surface area contributed by atoms with Crippen LogP contribution in [-0.2, 0) is 16.1 Å². The highest BCUT2D eigenvalue weighted by atomic mass is 32.1. The summed E-state index contributed by atoms with van der Waals surface area (Å²) >= 11 is 5.23. The molecule has 1 aromatic heterocycles. The number of rotatable bonds is 6. The summed E-state index contributed by atoms with van der Waals surface area (Å²) in [4.78, 5) is 23.9. The highest BCUT2D eigenvalue weighted by Crippen LogP contribution is 2.51. The van der Waals surface area contributed by atoms with E-state index in [0.29, 0.717) is 24.3 Å². The summed E-state index contributed by atoms with van der Waals surface area (Å²) in [6, 6.07) is 0. The topological polar surface area (TPSA) is 79.8 Å². The molecule has 0 unspecified atom stereocenters. The minimum atomic E-state index is -0.259. The van der Waals surface area contributed by atoms with Gasteiger partial charge in [-0.15, -0.1) is 0 Å². The third-order valence-electron chi connectivity index (χ3n) is 5.01. The molecule has 0 aromatic carbocycles. The van der Waals surface area contributed by atoms with E-state index in [4.69, 9.17) is 12.2 Å². The molecule has 0 bridgehead atoms. The van der Waals surface area contributed by atoms with E-state index >= 15 is 0 Å². The number of carbonyl (C=O) groups is 2. The Labute approximate surface area is 142 Å². The van der Waals surface area contributed by atoms with Crippen molar-refractivity contribution in [3.63, 3.8) is 0 Å². The molecule has 6 nitrogen and oxygen atoms in total. The number of hydrogen-bond donors (Lipinski definition) is 2. The van der Waals surface area contributed by atoms with Crippen molar-refractivity contribution in [3.05, 3.63) is 10.6 Å². The van der Waals surface area contributed by atoms with Gasteiger partial charge < -0.3 is 9.88 Å². The van der Waals surface area contributed by atoms with Crippen LogP contribution in [0.25, 0.3) is 0 Å². The zero-order valence-corrected chi connectivity index (χ0v) is 15.3. The minimum absolute atomic E-state index is 0.00622. The number of amides is 1. The summed E-state index contributed by atoms with van der Waals surface area (Å²) in [6.07, 6.45) is 0.649. The summed E-state index contributed by atoms with van der Waals surface area (Å²) < 4.78 is 2.49. The van der Waals surface area contributed by atoms with Gasteiger partial charge in [-0.3, -0.25) is 14.7 Å². The van der Waals surface area contributed by atoms with Crippen molar-refractivity contribution in [2.45, 2.75) is 53.5 Å².